The zero-order chi connectivity index (χ0) is 14.2. The zero-order valence-corrected chi connectivity index (χ0v) is 11.1. The number of halogens is 2. The largest absolute Gasteiger partial charge is 0.367 e. The van der Waals surface area contributed by atoms with Crippen molar-refractivity contribution in [2.75, 3.05) is 5.73 Å². The summed E-state index contributed by atoms with van der Waals surface area (Å²) in [7, 11) is 0. The number of nitrogens with two attached hydrogens (primary N) is 1. The van der Waals surface area contributed by atoms with Crippen molar-refractivity contribution in [1.29, 1.82) is 0 Å². The minimum atomic E-state index is -0.678. The van der Waals surface area contributed by atoms with Gasteiger partial charge < -0.3 is 10.3 Å². The highest BCUT2D eigenvalue weighted by Gasteiger charge is 2.30. The van der Waals surface area contributed by atoms with E-state index in [9.17, 15) is 8.78 Å². The Hall–Kier alpha value is -1.91. The molecule has 2 rings (SSSR count). The van der Waals surface area contributed by atoms with Crippen LogP contribution in [0.25, 0.3) is 11.1 Å². The van der Waals surface area contributed by atoms with Crippen LogP contribution in [0.4, 0.5) is 14.7 Å². The first-order valence-electron chi connectivity index (χ1n) is 6.08. The highest BCUT2D eigenvalue weighted by Crippen LogP contribution is 2.39. The van der Waals surface area contributed by atoms with Gasteiger partial charge in [0.05, 0.1) is 11.3 Å². The molecule has 2 N–H and O–H groups in total. The molecule has 0 saturated carbocycles. The average Bonchev–Trinajstić information content (AvgIpc) is 2.72. The summed E-state index contributed by atoms with van der Waals surface area (Å²) in [4.78, 5) is 0. The van der Waals surface area contributed by atoms with Crippen LogP contribution < -0.4 is 5.73 Å². The van der Waals surface area contributed by atoms with E-state index in [0.29, 0.717) is 11.3 Å². The first kappa shape index (κ1) is 13.5. The molecule has 0 fully saturated rings. The number of anilines is 1. The molecular weight excluding hydrogens is 250 g/mol. The van der Waals surface area contributed by atoms with E-state index in [1.165, 1.54) is 12.1 Å². The molecule has 0 saturated heterocycles. The fraction of sp³-hybridized carbons (Fsp3) is 0.357. The summed E-state index contributed by atoms with van der Waals surface area (Å²) in [5.74, 6) is -1.27. The van der Waals surface area contributed by atoms with Crippen molar-refractivity contribution in [3.8, 4) is 11.1 Å². The molecule has 1 heterocycles. The van der Waals surface area contributed by atoms with Gasteiger partial charge in [-0.15, -0.1) is 0 Å². The maximum absolute atomic E-state index is 13.9. The van der Waals surface area contributed by atoms with Crippen molar-refractivity contribution >= 4 is 5.88 Å². The lowest BCUT2D eigenvalue weighted by atomic mass is 9.82. The van der Waals surface area contributed by atoms with Crippen molar-refractivity contribution in [2.24, 2.45) is 0 Å². The highest BCUT2D eigenvalue weighted by molar-refractivity contribution is 5.76. The molecule has 3 nitrogen and oxygen atoms in total. The van der Waals surface area contributed by atoms with Crippen LogP contribution in [0.3, 0.4) is 0 Å². The van der Waals surface area contributed by atoms with Crippen LogP contribution in [0.5, 0.6) is 0 Å². The summed E-state index contributed by atoms with van der Waals surface area (Å²) in [5, 5.41) is 3.94. The van der Waals surface area contributed by atoms with Crippen molar-refractivity contribution in [3.63, 3.8) is 0 Å². The third kappa shape index (κ3) is 2.32. The summed E-state index contributed by atoms with van der Waals surface area (Å²) in [6.45, 7) is 5.93. The molecular formula is C14H16F2N2O. The standard InChI is InChI=1S/C14H16F2N2O/c1-4-14(2,3)12-11(13(17)19-18-12)9-6-5-8(15)7-10(9)16/h5-7H,4,17H2,1-3H3. The van der Waals surface area contributed by atoms with Gasteiger partial charge in [-0.2, -0.15) is 0 Å². The van der Waals surface area contributed by atoms with Gasteiger partial charge in [0.2, 0.25) is 5.88 Å². The third-order valence-corrected chi connectivity index (χ3v) is 3.44. The van der Waals surface area contributed by atoms with E-state index < -0.39 is 11.6 Å². The van der Waals surface area contributed by atoms with E-state index in [-0.39, 0.29) is 16.9 Å². The van der Waals surface area contributed by atoms with Crippen molar-refractivity contribution in [1.82, 2.24) is 5.16 Å². The van der Waals surface area contributed by atoms with Gasteiger partial charge in [0.15, 0.2) is 0 Å². The zero-order valence-electron chi connectivity index (χ0n) is 11.1. The Morgan fingerprint density at radius 3 is 2.58 bits per heavy atom. The Morgan fingerprint density at radius 1 is 1.32 bits per heavy atom. The number of nitrogens with zero attached hydrogens (tertiary/aromatic N) is 1. The van der Waals surface area contributed by atoms with Gasteiger partial charge in [-0.05, 0) is 18.6 Å². The maximum Gasteiger partial charge on any atom is 0.230 e. The molecule has 1 aromatic heterocycles. The van der Waals surface area contributed by atoms with Gasteiger partial charge >= 0.3 is 0 Å². The van der Waals surface area contributed by atoms with E-state index in [1.807, 2.05) is 20.8 Å². The van der Waals surface area contributed by atoms with Crippen LogP contribution in [0.2, 0.25) is 0 Å². The number of benzene rings is 1. The molecule has 19 heavy (non-hydrogen) atoms. The normalized spacial score (nSPS) is 11.8. The van der Waals surface area contributed by atoms with Crippen molar-refractivity contribution < 1.29 is 13.3 Å². The summed E-state index contributed by atoms with van der Waals surface area (Å²) >= 11 is 0. The molecule has 1 aromatic carbocycles. The molecule has 2 aromatic rings. The number of aromatic nitrogens is 1. The summed E-state index contributed by atoms with van der Waals surface area (Å²) in [5.41, 5.74) is 6.63. The highest BCUT2D eigenvalue weighted by atomic mass is 19.1. The van der Waals surface area contributed by atoms with Gasteiger partial charge in [-0.25, -0.2) is 8.78 Å². The molecule has 0 aliphatic carbocycles. The number of rotatable bonds is 3. The molecule has 0 spiro atoms. The van der Waals surface area contributed by atoms with E-state index in [1.54, 1.807) is 0 Å². The molecule has 0 amide bonds. The molecule has 0 aliphatic heterocycles. The van der Waals surface area contributed by atoms with Gasteiger partial charge in [0.1, 0.15) is 11.6 Å². The van der Waals surface area contributed by atoms with Crippen LogP contribution >= 0.6 is 0 Å². The van der Waals surface area contributed by atoms with Gasteiger partial charge in [-0.1, -0.05) is 25.9 Å². The SMILES string of the molecule is CCC(C)(C)c1noc(N)c1-c1ccc(F)cc1F. The molecule has 0 radical (unpaired) electrons. The first-order chi connectivity index (χ1) is 8.86. The third-order valence-electron chi connectivity index (χ3n) is 3.44. The van der Waals surface area contributed by atoms with E-state index in [0.717, 1.165) is 12.5 Å². The van der Waals surface area contributed by atoms with Crippen LogP contribution in [-0.4, -0.2) is 5.16 Å². The van der Waals surface area contributed by atoms with Crippen LogP contribution in [0, 0.1) is 11.6 Å². The lowest BCUT2D eigenvalue weighted by Gasteiger charge is -2.21. The monoisotopic (exact) mass is 266 g/mol. The molecule has 5 heteroatoms. The summed E-state index contributed by atoms with van der Waals surface area (Å²) in [6.07, 6.45) is 0.786. The lowest BCUT2D eigenvalue weighted by molar-refractivity contribution is 0.391. The molecule has 0 aliphatic rings. The maximum atomic E-state index is 13.9. The second-order valence-corrected chi connectivity index (χ2v) is 5.13. The van der Waals surface area contributed by atoms with Gasteiger partial charge in [0.25, 0.3) is 0 Å². The molecule has 0 unspecified atom stereocenters. The van der Waals surface area contributed by atoms with E-state index >= 15 is 0 Å². The molecule has 0 bridgehead atoms. The predicted octanol–water partition coefficient (Wildman–Crippen LogP) is 3.89. The predicted molar refractivity (Wildman–Crippen MR) is 69.6 cm³/mol. The van der Waals surface area contributed by atoms with Crippen LogP contribution in [0.15, 0.2) is 22.7 Å². The van der Waals surface area contributed by atoms with Crippen molar-refractivity contribution in [3.05, 3.63) is 35.5 Å². The number of hydrogen-bond acceptors (Lipinski definition) is 3. The quantitative estimate of drug-likeness (QED) is 0.916. The van der Waals surface area contributed by atoms with Gasteiger partial charge in [-0.3, -0.25) is 0 Å². The summed E-state index contributed by atoms with van der Waals surface area (Å²) in [6, 6.07) is 3.36. The Labute approximate surface area is 110 Å². The fourth-order valence-corrected chi connectivity index (χ4v) is 1.88. The number of hydrogen-bond donors (Lipinski definition) is 1. The topological polar surface area (TPSA) is 52.0 Å². The Balaban J connectivity index is 2.65. The van der Waals surface area contributed by atoms with E-state index in [4.69, 9.17) is 10.3 Å². The average molecular weight is 266 g/mol. The van der Waals surface area contributed by atoms with Crippen LogP contribution in [0.1, 0.15) is 32.9 Å². The first-order valence-corrected chi connectivity index (χ1v) is 6.08. The minimum Gasteiger partial charge on any atom is -0.367 e. The lowest BCUT2D eigenvalue weighted by Crippen LogP contribution is -2.17. The second-order valence-electron chi connectivity index (χ2n) is 5.13. The van der Waals surface area contributed by atoms with Crippen LogP contribution in [-0.2, 0) is 5.41 Å². The Morgan fingerprint density at radius 2 is 2.00 bits per heavy atom. The summed E-state index contributed by atoms with van der Waals surface area (Å²) < 4.78 is 31.9. The molecule has 0 atom stereocenters. The van der Waals surface area contributed by atoms with Crippen molar-refractivity contribution in [2.45, 2.75) is 32.6 Å². The van der Waals surface area contributed by atoms with E-state index in [2.05, 4.69) is 5.16 Å². The smallest absolute Gasteiger partial charge is 0.230 e. The molecule has 102 valence electrons. The Kier molecular flexibility index (Phi) is 3.30. The van der Waals surface area contributed by atoms with Gasteiger partial charge in [0, 0.05) is 17.0 Å². The second kappa shape index (κ2) is 4.64. The number of nitrogen functional groups attached to an aromatic ring is 1. The minimum absolute atomic E-state index is 0.0435. The fourth-order valence-electron chi connectivity index (χ4n) is 1.88. The Bertz CT molecular complexity index is 605.